The molecule has 6 heteroatoms. The van der Waals surface area contributed by atoms with E-state index in [4.69, 9.17) is 0 Å². The average Bonchev–Trinajstić information content (AvgIpc) is 3.03. The summed E-state index contributed by atoms with van der Waals surface area (Å²) in [6.45, 7) is 0. The number of hydrogen-bond acceptors (Lipinski definition) is 5. The van der Waals surface area contributed by atoms with Gasteiger partial charge in [-0.05, 0) is 30.3 Å². The molecule has 0 radical (unpaired) electrons. The predicted octanol–water partition coefficient (Wildman–Crippen LogP) is 3.84. The zero-order chi connectivity index (χ0) is 15.4. The summed E-state index contributed by atoms with van der Waals surface area (Å²) in [5.41, 5.74) is 1.65. The number of phenols is 1. The Morgan fingerprint density at radius 2 is 2.00 bits per heavy atom. The third kappa shape index (κ3) is 3.24. The summed E-state index contributed by atoms with van der Waals surface area (Å²) in [4.78, 5) is 16.4. The van der Waals surface area contributed by atoms with Crippen LogP contribution in [0.25, 0.3) is 0 Å². The molecule has 0 spiro atoms. The number of thiazole rings is 1. The molecule has 1 amide bonds. The van der Waals surface area contributed by atoms with Crippen LogP contribution in [-0.2, 0) is 0 Å². The Labute approximate surface area is 131 Å². The molecule has 1 heterocycles. The highest BCUT2D eigenvalue weighted by atomic mass is 32.1. The highest BCUT2D eigenvalue weighted by molar-refractivity contribution is 7.13. The first-order valence-electron chi connectivity index (χ1n) is 6.58. The van der Waals surface area contributed by atoms with Gasteiger partial charge < -0.3 is 15.7 Å². The van der Waals surface area contributed by atoms with Gasteiger partial charge in [-0.3, -0.25) is 4.79 Å². The van der Waals surface area contributed by atoms with Crippen LogP contribution in [0.5, 0.6) is 5.75 Å². The number of aromatic nitrogens is 1. The van der Waals surface area contributed by atoms with E-state index >= 15 is 0 Å². The lowest BCUT2D eigenvalue weighted by Gasteiger charge is -2.08. The first-order valence-corrected chi connectivity index (χ1v) is 7.46. The zero-order valence-electron chi connectivity index (χ0n) is 11.5. The van der Waals surface area contributed by atoms with E-state index < -0.39 is 0 Å². The number of phenolic OH excluding ortho intramolecular Hbond substituents is 1. The second kappa shape index (κ2) is 6.28. The van der Waals surface area contributed by atoms with E-state index in [1.807, 2.05) is 11.4 Å². The number of benzene rings is 2. The van der Waals surface area contributed by atoms with Crippen molar-refractivity contribution in [1.29, 1.82) is 0 Å². The maximum Gasteiger partial charge on any atom is 0.255 e. The van der Waals surface area contributed by atoms with Crippen LogP contribution in [0, 0.1) is 0 Å². The summed E-state index contributed by atoms with van der Waals surface area (Å²) in [6.07, 6.45) is 1.71. The van der Waals surface area contributed by atoms with Crippen LogP contribution in [0.2, 0.25) is 0 Å². The number of nitrogens with one attached hydrogen (secondary N) is 2. The first-order chi connectivity index (χ1) is 10.7. The largest absolute Gasteiger partial charge is 0.506 e. The first kappa shape index (κ1) is 14.1. The Kier molecular flexibility index (Phi) is 4.02. The van der Waals surface area contributed by atoms with Gasteiger partial charge in [0.15, 0.2) is 5.13 Å². The highest BCUT2D eigenvalue weighted by Gasteiger charge is 2.09. The van der Waals surface area contributed by atoms with Crippen LogP contribution in [0.3, 0.4) is 0 Å². The van der Waals surface area contributed by atoms with Crippen LogP contribution in [-0.4, -0.2) is 16.0 Å². The number of amides is 1. The maximum atomic E-state index is 12.3. The predicted molar refractivity (Wildman–Crippen MR) is 87.9 cm³/mol. The van der Waals surface area contributed by atoms with Crippen LogP contribution < -0.4 is 10.6 Å². The second-order valence-corrected chi connectivity index (χ2v) is 5.41. The minimum absolute atomic E-state index is 0.0351. The van der Waals surface area contributed by atoms with Gasteiger partial charge >= 0.3 is 0 Å². The fraction of sp³-hybridized carbons (Fsp3) is 0. The molecule has 0 aliphatic heterocycles. The summed E-state index contributed by atoms with van der Waals surface area (Å²) in [7, 11) is 0. The van der Waals surface area contributed by atoms with Crippen molar-refractivity contribution >= 4 is 33.8 Å². The summed E-state index contributed by atoms with van der Waals surface area (Å²) in [6, 6.07) is 13.7. The van der Waals surface area contributed by atoms with Crippen molar-refractivity contribution in [3.63, 3.8) is 0 Å². The molecule has 0 unspecified atom stereocenters. The van der Waals surface area contributed by atoms with Crippen molar-refractivity contribution in [3.05, 3.63) is 65.7 Å². The molecule has 3 aromatic rings. The summed E-state index contributed by atoms with van der Waals surface area (Å²) in [5, 5.41) is 18.1. The van der Waals surface area contributed by atoms with Crippen molar-refractivity contribution in [2.24, 2.45) is 0 Å². The topological polar surface area (TPSA) is 74.2 Å². The minimum atomic E-state index is -0.288. The summed E-state index contributed by atoms with van der Waals surface area (Å²) >= 11 is 1.48. The van der Waals surface area contributed by atoms with Crippen LogP contribution in [0.4, 0.5) is 16.5 Å². The third-order valence-electron chi connectivity index (χ3n) is 2.96. The molecule has 0 fully saturated rings. The van der Waals surface area contributed by atoms with E-state index in [-0.39, 0.29) is 11.7 Å². The quantitative estimate of drug-likeness (QED) is 0.640. The zero-order valence-corrected chi connectivity index (χ0v) is 12.3. The van der Waals surface area contributed by atoms with Gasteiger partial charge in [0.2, 0.25) is 0 Å². The SMILES string of the molecule is O=C(Nc1ccccc1O)c1cccc(Nc2nccs2)c1. The Bertz CT molecular complexity index is 788. The Morgan fingerprint density at radius 1 is 1.14 bits per heavy atom. The molecule has 0 aliphatic carbocycles. The lowest BCUT2D eigenvalue weighted by atomic mass is 10.2. The minimum Gasteiger partial charge on any atom is -0.506 e. The van der Waals surface area contributed by atoms with E-state index in [0.717, 1.165) is 10.8 Å². The van der Waals surface area contributed by atoms with Gasteiger partial charge in [-0.2, -0.15) is 0 Å². The Morgan fingerprint density at radius 3 is 2.77 bits per heavy atom. The number of carbonyl (C=O) groups excluding carboxylic acids is 1. The number of nitrogens with zero attached hydrogens (tertiary/aromatic N) is 1. The van der Waals surface area contributed by atoms with E-state index in [1.165, 1.54) is 17.4 Å². The number of carbonyl (C=O) groups is 1. The van der Waals surface area contributed by atoms with E-state index in [9.17, 15) is 9.90 Å². The maximum absolute atomic E-state index is 12.3. The fourth-order valence-electron chi connectivity index (χ4n) is 1.92. The lowest BCUT2D eigenvalue weighted by molar-refractivity contribution is 0.102. The molecule has 110 valence electrons. The normalized spacial score (nSPS) is 10.2. The molecule has 0 bridgehead atoms. The number of rotatable bonds is 4. The van der Waals surface area contributed by atoms with Crippen molar-refractivity contribution in [3.8, 4) is 5.75 Å². The van der Waals surface area contributed by atoms with Gasteiger partial charge in [0.05, 0.1) is 5.69 Å². The molecule has 0 saturated heterocycles. The second-order valence-electron chi connectivity index (χ2n) is 4.51. The van der Waals surface area contributed by atoms with Crippen LogP contribution in [0.15, 0.2) is 60.1 Å². The highest BCUT2D eigenvalue weighted by Crippen LogP contribution is 2.23. The number of anilines is 3. The molecule has 0 aliphatic rings. The number of para-hydroxylation sites is 2. The Balaban J connectivity index is 1.77. The molecule has 22 heavy (non-hydrogen) atoms. The fourth-order valence-corrected chi connectivity index (χ4v) is 2.47. The van der Waals surface area contributed by atoms with Gasteiger partial charge in [-0.15, -0.1) is 11.3 Å². The van der Waals surface area contributed by atoms with Crippen molar-refractivity contribution in [2.75, 3.05) is 10.6 Å². The summed E-state index contributed by atoms with van der Waals surface area (Å²) in [5.74, 6) is -0.253. The third-order valence-corrected chi connectivity index (χ3v) is 3.65. The molecule has 1 aromatic heterocycles. The van der Waals surface area contributed by atoms with Gasteiger partial charge in [-0.1, -0.05) is 18.2 Å². The van der Waals surface area contributed by atoms with Crippen molar-refractivity contribution in [2.45, 2.75) is 0 Å². The van der Waals surface area contributed by atoms with Gasteiger partial charge in [-0.25, -0.2) is 4.98 Å². The standard InChI is InChI=1S/C16H13N3O2S/c20-14-7-2-1-6-13(14)19-15(21)11-4-3-5-12(10-11)18-16-17-8-9-22-16/h1-10,20H,(H,17,18)(H,19,21). The van der Waals surface area contributed by atoms with E-state index in [2.05, 4.69) is 15.6 Å². The van der Waals surface area contributed by atoms with Gasteiger partial charge in [0.25, 0.3) is 5.91 Å². The van der Waals surface area contributed by atoms with Crippen molar-refractivity contribution in [1.82, 2.24) is 4.98 Å². The van der Waals surface area contributed by atoms with Crippen LogP contribution >= 0.6 is 11.3 Å². The molecule has 0 saturated carbocycles. The number of aromatic hydroxyl groups is 1. The molecular weight excluding hydrogens is 298 g/mol. The molecule has 0 atom stereocenters. The van der Waals surface area contributed by atoms with Crippen molar-refractivity contribution < 1.29 is 9.90 Å². The molecule has 3 N–H and O–H groups in total. The monoisotopic (exact) mass is 311 g/mol. The molecule has 5 nitrogen and oxygen atoms in total. The van der Waals surface area contributed by atoms with Gasteiger partial charge in [0, 0.05) is 22.8 Å². The molecular formula is C16H13N3O2S. The summed E-state index contributed by atoms with van der Waals surface area (Å²) < 4.78 is 0. The smallest absolute Gasteiger partial charge is 0.255 e. The molecule has 3 rings (SSSR count). The van der Waals surface area contributed by atoms with E-state index in [0.29, 0.717) is 11.3 Å². The average molecular weight is 311 g/mol. The van der Waals surface area contributed by atoms with Gasteiger partial charge in [0.1, 0.15) is 5.75 Å². The van der Waals surface area contributed by atoms with Crippen LogP contribution in [0.1, 0.15) is 10.4 Å². The lowest BCUT2D eigenvalue weighted by Crippen LogP contribution is -2.12. The number of hydrogen-bond donors (Lipinski definition) is 3. The Hall–Kier alpha value is -2.86. The molecule has 2 aromatic carbocycles. The van der Waals surface area contributed by atoms with E-state index in [1.54, 1.807) is 42.6 Å².